The Balaban J connectivity index is 2.10. The van der Waals surface area contributed by atoms with Crippen molar-refractivity contribution in [3.8, 4) is 5.75 Å². The van der Waals surface area contributed by atoms with Crippen LogP contribution in [0.3, 0.4) is 0 Å². The molecule has 1 aliphatic rings. The minimum absolute atomic E-state index is 0.0681. The number of nitrogens with zero attached hydrogens (tertiary/aromatic N) is 2. The molecule has 1 N–H and O–H groups in total. The number of rotatable bonds is 8. The standard InChI is InChI=1S/C22H22N2O7/c1-30-13-3-12-23-19(14-4-8-16(9-5-14)24(28)29)18(21(26)22(23)27)20(25)15-6-10-17(31-2)11-7-15/h4-11,19,25H,3,12-13H2,1-2H3. The van der Waals surface area contributed by atoms with Crippen molar-refractivity contribution in [2.75, 3.05) is 27.4 Å². The SMILES string of the molecule is COCCCN1C(=O)C(=O)C(=C(O)c2ccc(OC)cc2)C1c1ccc([N+](=O)[O-])cc1. The molecular formula is C22H22N2O7. The number of nitro groups is 1. The van der Waals surface area contributed by atoms with Gasteiger partial charge in [0.05, 0.1) is 23.6 Å². The number of hydrogen-bond donors (Lipinski definition) is 1. The molecule has 3 rings (SSSR count). The summed E-state index contributed by atoms with van der Waals surface area (Å²) in [6.07, 6.45) is 0.482. The number of non-ortho nitro benzene ring substituents is 1. The van der Waals surface area contributed by atoms with Gasteiger partial charge in [0.25, 0.3) is 17.4 Å². The molecule has 0 bridgehead atoms. The lowest BCUT2D eigenvalue weighted by Gasteiger charge is -2.25. The molecule has 1 amide bonds. The van der Waals surface area contributed by atoms with E-state index in [1.807, 2.05) is 0 Å². The van der Waals surface area contributed by atoms with Crippen molar-refractivity contribution in [2.45, 2.75) is 12.5 Å². The van der Waals surface area contributed by atoms with Gasteiger partial charge in [-0.25, -0.2) is 0 Å². The van der Waals surface area contributed by atoms with E-state index in [-0.39, 0.29) is 23.6 Å². The summed E-state index contributed by atoms with van der Waals surface area (Å²) in [4.78, 5) is 37.5. The van der Waals surface area contributed by atoms with Gasteiger partial charge >= 0.3 is 0 Å². The predicted molar refractivity (Wildman–Crippen MR) is 112 cm³/mol. The molecule has 1 aliphatic heterocycles. The fraction of sp³-hybridized carbons (Fsp3) is 0.273. The topological polar surface area (TPSA) is 119 Å². The number of aliphatic hydroxyl groups excluding tert-OH is 1. The molecular weight excluding hydrogens is 404 g/mol. The van der Waals surface area contributed by atoms with Crippen molar-refractivity contribution in [3.63, 3.8) is 0 Å². The third kappa shape index (κ3) is 4.41. The number of carbonyl (C=O) groups is 2. The van der Waals surface area contributed by atoms with Crippen LogP contribution in [0, 0.1) is 10.1 Å². The zero-order valence-electron chi connectivity index (χ0n) is 17.1. The van der Waals surface area contributed by atoms with Gasteiger partial charge in [0, 0.05) is 38.0 Å². The van der Waals surface area contributed by atoms with E-state index in [1.165, 1.54) is 43.4 Å². The van der Waals surface area contributed by atoms with Crippen molar-refractivity contribution in [1.82, 2.24) is 4.90 Å². The number of aliphatic hydroxyl groups is 1. The first-order chi connectivity index (χ1) is 14.9. The molecule has 1 heterocycles. The molecule has 31 heavy (non-hydrogen) atoms. The largest absolute Gasteiger partial charge is 0.507 e. The van der Waals surface area contributed by atoms with Crippen LogP contribution in [0.25, 0.3) is 5.76 Å². The highest BCUT2D eigenvalue weighted by Crippen LogP contribution is 2.40. The van der Waals surface area contributed by atoms with Crippen LogP contribution in [0.1, 0.15) is 23.6 Å². The summed E-state index contributed by atoms with van der Waals surface area (Å²) >= 11 is 0. The summed E-state index contributed by atoms with van der Waals surface area (Å²) in [6.45, 7) is 0.605. The van der Waals surface area contributed by atoms with E-state index in [1.54, 1.807) is 24.3 Å². The quantitative estimate of drug-likeness (QED) is 0.172. The number of amides is 1. The second-order valence-electron chi connectivity index (χ2n) is 6.92. The number of ketones is 1. The molecule has 1 unspecified atom stereocenters. The van der Waals surface area contributed by atoms with Crippen LogP contribution < -0.4 is 4.74 Å². The molecule has 0 aliphatic carbocycles. The molecule has 0 saturated carbocycles. The highest BCUT2D eigenvalue weighted by Gasteiger charge is 2.45. The van der Waals surface area contributed by atoms with Crippen molar-refractivity contribution in [2.24, 2.45) is 0 Å². The molecule has 162 valence electrons. The van der Waals surface area contributed by atoms with E-state index >= 15 is 0 Å². The first kappa shape index (κ1) is 22.0. The fourth-order valence-electron chi connectivity index (χ4n) is 3.52. The number of benzene rings is 2. The van der Waals surface area contributed by atoms with Crippen molar-refractivity contribution < 1.29 is 29.1 Å². The van der Waals surface area contributed by atoms with Gasteiger partial charge in [-0.3, -0.25) is 19.7 Å². The summed E-state index contributed by atoms with van der Waals surface area (Å²) in [5, 5.41) is 21.9. The van der Waals surface area contributed by atoms with Gasteiger partial charge in [0.15, 0.2) is 0 Å². The number of hydrogen-bond acceptors (Lipinski definition) is 7. The van der Waals surface area contributed by atoms with E-state index < -0.39 is 22.7 Å². The number of Topliss-reactive ketones (excluding diaryl/α,β-unsaturated/α-hetero) is 1. The van der Waals surface area contributed by atoms with Crippen LogP contribution in [-0.4, -0.2) is 54.0 Å². The lowest BCUT2D eigenvalue weighted by molar-refractivity contribution is -0.384. The van der Waals surface area contributed by atoms with Crippen molar-refractivity contribution in [1.29, 1.82) is 0 Å². The van der Waals surface area contributed by atoms with Gasteiger partial charge in [-0.05, 0) is 48.4 Å². The minimum atomic E-state index is -0.875. The normalized spacial score (nSPS) is 17.7. The van der Waals surface area contributed by atoms with Crippen LogP contribution in [0.2, 0.25) is 0 Å². The van der Waals surface area contributed by atoms with Crippen LogP contribution >= 0.6 is 0 Å². The van der Waals surface area contributed by atoms with E-state index in [0.717, 1.165) is 0 Å². The number of methoxy groups -OCH3 is 2. The predicted octanol–water partition coefficient (Wildman–Crippen LogP) is 3.06. The van der Waals surface area contributed by atoms with Crippen molar-refractivity contribution in [3.05, 3.63) is 75.3 Å². The van der Waals surface area contributed by atoms with Crippen molar-refractivity contribution >= 4 is 23.1 Å². The molecule has 0 radical (unpaired) electrons. The lowest BCUT2D eigenvalue weighted by atomic mass is 9.95. The summed E-state index contributed by atoms with van der Waals surface area (Å²) in [7, 11) is 3.04. The van der Waals surface area contributed by atoms with Crippen LogP contribution in [0.4, 0.5) is 5.69 Å². The first-order valence-electron chi connectivity index (χ1n) is 9.55. The molecule has 1 saturated heterocycles. The Bertz CT molecular complexity index is 1010. The first-order valence-corrected chi connectivity index (χ1v) is 9.55. The van der Waals surface area contributed by atoms with Crippen LogP contribution in [0.5, 0.6) is 5.75 Å². The molecule has 0 spiro atoms. The minimum Gasteiger partial charge on any atom is -0.507 e. The second-order valence-corrected chi connectivity index (χ2v) is 6.92. The van der Waals surface area contributed by atoms with E-state index in [2.05, 4.69) is 0 Å². The molecule has 0 aromatic heterocycles. The molecule has 1 fully saturated rings. The third-order valence-corrected chi connectivity index (χ3v) is 5.07. The number of nitro benzene ring substituents is 1. The third-order valence-electron chi connectivity index (χ3n) is 5.07. The van der Waals surface area contributed by atoms with E-state index in [9.17, 15) is 24.8 Å². The summed E-state index contributed by atoms with van der Waals surface area (Å²) < 4.78 is 10.2. The summed E-state index contributed by atoms with van der Waals surface area (Å²) in [5.41, 5.74) is 0.650. The number of likely N-dealkylation sites (tertiary alicyclic amines) is 1. The summed E-state index contributed by atoms with van der Waals surface area (Å²) in [5.74, 6) is -1.30. The van der Waals surface area contributed by atoms with Crippen LogP contribution in [0.15, 0.2) is 54.1 Å². The number of ether oxygens (including phenoxy) is 2. The molecule has 1 atom stereocenters. The molecule has 9 nitrogen and oxygen atoms in total. The van der Waals surface area contributed by atoms with Gasteiger partial charge in [-0.1, -0.05) is 0 Å². The monoisotopic (exact) mass is 426 g/mol. The van der Waals surface area contributed by atoms with E-state index in [4.69, 9.17) is 9.47 Å². The Hall–Kier alpha value is -3.72. The maximum Gasteiger partial charge on any atom is 0.295 e. The Morgan fingerprint density at radius 3 is 2.29 bits per heavy atom. The molecule has 2 aromatic rings. The maximum atomic E-state index is 12.9. The highest BCUT2D eigenvalue weighted by molar-refractivity contribution is 6.46. The van der Waals surface area contributed by atoms with E-state index in [0.29, 0.717) is 29.9 Å². The Morgan fingerprint density at radius 1 is 1.10 bits per heavy atom. The average Bonchev–Trinajstić information content (AvgIpc) is 3.04. The Kier molecular flexibility index (Phi) is 6.66. The highest BCUT2D eigenvalue weighted by atomic mass is 16.6. The smallest absolute Gasteiger partial charge is 0.295 e. The van der Waals surface area contributed by atoms with Gasteiger partial charge in [-0.15, -0.1) is 0 Å². The number of carbonyl (C=O) groups excluding carboxylic acids is 2. The lowest BCUT2D eigenvalue weighted by Crippen LogP contribution is -2.31. The van der Waals surface area contributed by atoms with Crippen LogP contribution in [-0.2, 0) is 14.3 Å². The molecule has 9 heteroatoms. The fourth-order valence-corrected chi connectivity index (χ4v) is 3.52. The maximum absolute atomic E-state index is 12.9. The Labute approximate surface area is 178 Å². The zero-order valence-corrected chi connectivity index (χ0v) is 17.1. The Morgan fingerprint density at radius 2 is 1.74 bits per heavy atom. The summed E-state index contributed by atoms with van der Waals surface area (Å²) in [6, 6.07) is 11.1. The van der Waals surface area contributed by atoms with Gasteiger partial charge < -0.3 is 19.5 Å². The zero-order chi connectivity index (χ0) is 22.5. The molecule has 2 aromatic carbocycles. The second kappa shape index (κ2) is 9.40. The van der Waals surface area contributed by atoms with Gasteiger partial charge in [0.2, 0.25) is 0 Å². The van der Waals surface area contributed by atoms with Gasteiger partial charge in [0.1, 0.15) is 11.5 Å². The average molecular weight is 426 g/mol. The van der Waals surface area contributed by atoms with Gasteiger partial charge in [-0.2, -0.15) is 0 Å².